The average Bonchev–Trinajstić information content (AvgIpc) is 3.63. The number of carboxylic acids is 1. The monoisotopic (exact) mass is 595 g/mol. The van der Waals surface area contributed by atoms with Crippen LogP contribution in [0.15, 0.2) is 91.3 Å². The first-order valence-electron chi connectivity index (χ1n) is 14.2. The molecule has 0 bridgehead atoms. The molecule has 2 heterocycles. The molecule has 0 saturated carbocycles. The number of aromatic nitrogens is 2. The summed E-state index contributed by atoms with van der Waals surface area (Å²) in [5.41, 5.74) is 3.98. The summed E-state index contributed by atoms with van der Waals surface area (Å²) in [5.74, 6) is -2.52. The molecule has 0 radical (unpaired) electrons. The maximum Gasteiger partial charge on any atom is 0.408 e. The van der Waals surface area contributed by atoms with Gasteiger partial charge >= 0.3 is 12.1 Å². The highest BCUT2D eigenvalue weighted by atomic mass is 16.5. The zero-order valence-electron chi connectivity index (χ0n) is 24.0. The number of para-hydroxylation sites is 2. The van der Waals surface area contributed by atoms with Crippen LogP contribution in [0.1, 0.15) is 23.6 Å². The summed E-state index contributed by atoms with van der Waals surface area (Å²) >= 11 is 0. The number of rotatable bonds is 12. The van der Waals surface area contributed by atoms with Crippen LogP contribution in [0, 0.1) is 0 Å². The lowest BCUT2D eigenvalue weighted by Gasteiger charge is -2.23. The minimum absolute atomic E-state index is 0.0274. The van der Waals surface area contributed by atoms with Crippen molar-refractivity contribution in [2.45, 2.75) is 44.5 Å². The molecule has 11 heteroatoms. The highest BCUT2D eigenvalue weighted by Gasteiger charge is 2.30. The summed E-state index contributed by atoms with van der Waals surface area (Å²) in [6, 6.07) is 20.7. The van der Waals surface area contributed by atoms with Crippen molar-refractivity contribution in [1.29, 1.82) is 0 Å². The molecule has 3 atom stereocenters. The van der Waals surface area contributed by atoms with E-state index in [1.165, 1.54) is 6.92 Å². The SMILES string of the molecule is C[C@H](NC(=O)OCc1ccccc1)C(=O)N[C@@H](Cc1c[nH]c2ccccc12)C(=O)N[C@@H](Cc1c[nH]c2ccccc12)C(=O)O. The van der Waals surface area contributed by atoms with E-state index in [0.29, 0.717) is 0 Å². The first-order chi connectivity index (χ1) is 21.3. The van der Waals surface area contributed by atoms with E-state index >= 15 is 0 Å². The topological polar surface area (TPSA) is 165 Å². The van der Waals surface area contributed by atoms with E-state index < -0.39 is 42.0 Å². The third kappa shape index (κ3) is 7.24. The predicted molar refractivity (Wildman–Crippen MR) is 165 cm³/mol. The van der Waals surface area contributed by atoms with Gasteiger partial charge in [0.1, 0.15) is 24.7 Å². The number of carbonyl (C=O) groups is 4. The molecule has 0 fully saturated rings. The Bertz CT molecular complexity index is 1780. The Hall–Kier alpha value is -5.58. The van der Waals surface area contributed by atoms with Crippen molar-refractivity contribution in [3.8, 4) is 0 Å². The molecule has 11 nitrogen and oxygen atoms in total. The van der Waals surface area contributed by atoms with Gasteiger partial charge in [0.15, 0.2) is 0 Å². The average molecular weight is 596 g/mol. The van der Waals surface area contributed by atoms with Crippen molar-refractivity contribution in [1.82, 2.24) is 25.9 Å². The second kappa shape index (κ2) is 13.6. The molecule has 0 saturated heterocycles. The molecular weight excluding hydrogens is 562 g/mol. The van der Waals surface area contributed by atoms with E-state index in [1.807, 2.05) is 66.7 Å². The van der Waals surface area contributed by atoms with Crippen molar-refractivity contribution in [3.05, 3.63) is 108 Å². The lowest BCUT2D eigenvalue weighted by atomic mass is 10.0. The van der Waals surface area contributed by atoms with Crippen molar-refractivity contribution < 1.29 is 29.0 Å². The lowest BCUT2D eigenvalue weighted by Crippen LogP contribution is -2.56. The largest absolute Gasteiger partial charge is 0.480 e. The van der Waals surface area contributed by atoms with Gasteiger partial charge in [-0.1, -0.05) is 66.7 Å². The van der Waals surface area contributed by atoms with Crippen molar-refractivity contribution in [2.24, 2.45) is 0 Å². The number of fused-ring (bicyclic) bond motifs is 2. The third-order valence-corrected chi connectivity index (χ3v) is 7.39. The summed E-state index contributed by atoms with van der Waals surface area (Å²) in [4.78, 5) is 57.7. The normalized spacial score (nSPS) is 13.1. The van der Waals surface area contributed by atoms with Crippen LogP contribution in [0.4, 0.5) is 4.79 Å². The van der Waals surface area contributed by atoms with Crippen LogP contribution in [-0.4, -0.2) is 57.1 Å². The van der Waals surface area contributed by atoms with Crippen LogP contribution in [0.5, 0.6) is 0 Å². The number of alkyl carbamates (subject to hydrolysis) is 1. The number of aromatic amines is 2. The van der Waals surface area contributed by atoms with Gasteiger partial charge in [-0.25, -0.2) is 9.59 Å². The van der Waals surface area contributed by atoms with Gasteiger partial charge in [-0.05, 0) is 35.7 Å². The molecule has 2 aromatic heterocycles. The summed E-state index contributed by atoms with van der Waals surface area (Å²) in [6.07, 6.45) is 2.79. The van der Waals surface area contributed by atoms with E-state index in [-0.39, 0.29) is 19.4 Å². The Balaban J connectivity index is 1.29. The molecule has 0 unspecified atom stereocenters. The van der Waals surface area contributed by atoms with Gasteiger partial charge in [0.2, 0.25) is 11.8 Å². The Kier molecular flexibility index (Phi) is 9.24. The minimum atomic E-state index is -1.26. The number of ether oxygens (including phenoxy) is 1. The van der Waals surface area contributed by atoms with Crippen LogP contribution >= 0.6 is 0 Å². The summed E-state index contributed by atoms with van der Waals surface area (Å²) in [7, 11) is 0. The number of aliphatic carboxylic acids is 1. The molecule has 0 aliphatic carbocycles. The highest BCUT2D eigenvalue weighted by Crippen LogP contribution is 2.21. The summed E-state index contributed by atoms with van der Waals surface area (Å²) in [6.45, 7) is 1.50. The number of nitrogens with one attached hydrogen (secondary N) is 5. The number of benzene rings is 3. The number of carboxylic acid groups (broad SMARTS) is 1. The summed E-state index contributed by atoms with van der Waals surface area (Å²) in [5, 5.41) is 19.5. The Morgan fingerprint density at radius 2 is 1.23 bits per heavy atom. The molecule has 3 amide bonds. The van der Waals surface area contributed by atoms with Gasteiger partial charge in [0.05, 0.1) is 0 Å². The Morgan fingerprint density at radius 1 is 0.705 bits per heavy atom. The fourth-order valence-electron chi connectivity index (χ4n) is 5.03. The second-order valence-electron chi connectivity index (χ2n) is 10.5. The van der Waals surface area contributed by atoms with Crippen molar-refractivity contribution in [3.63, 3.8) is 0 Å². The molecule has 226 valence electrons. The van der Waals surface area contributed by atoms with E-state index in [2.05, 4.69) is 25.9 Å². The number of amides is 3. The smallest absolute Gasteiger partial charge is 0.408 e. The fraction of sp³-hybridized carbons (Fsp3) is 0.212. The van der Waals surface area contributed by atoms with Crippen LogP contribution in [0.2, 0.25) is 0 Å². The Morgan fingerprint density at radius 3 is 1.82 bits per heavy atom. The van der Waals surface area contributed by atoms with Gasteiger partial charge in [-0.3, -0.25) is 9.59 Å². The summed E-state index contributed by atoms with van der Waals surface area (Å²) < 4.78 is 5.21. The molecule has 6 N–H and O–H groups in total. The number of carbonyl (C=O) groups excluding carboxylic acids is 3. The molecule has 0 aliphatic rings. The maximum absolute atomic E-state index is 13.6. The van der Waals surface area contributed by atoms with E-state index in [1.54, 1.807) is 24.5 Å². The molecule has 0 spiro atoms. The van der Waals surface area contributed by atoms with Gasteiger partial charge < -0.3 is 35.8 Å². The predicted octanol–water partition coefficient (Wildman–Crippen LogP) is 3.80. The number of hydrogen-bond donors (Lipinski definition) is 6. The van der Waals surface area contributed by atoms with E-state index in [4.69, 9.17) is 4.74 Å². The standard InChI is InChI=1S/C33H33N5O6/c1-20(36-33(43)44-19-21-9-3-2-4-10-21)30(39)37-28(15-22-17-34-26-13-7-5-11-24(22)26)31(40)38-29(32(41)42)16-23-18-35-27-14-8-6-12-25(23)27/h2-14,17-18,20,28-29,34-35H,15-16,19H2,1H3,(H,36,43)(H,37,39)(H,38,40)(H,41,42)/t20-,28-,29-/m0/s1. The van der Waals surface area contributed by atoms with Crippen LogP contribution < -0.4 is 16.0 Å². The molecule has 3 aromatic carbocycles. The molecular formula is C33H33N5O6. The third-order valence-electron chi connectivity index (χ3n) is 7.39. The molecule has 5 aromatic rings. The quantitative estimate of drug-likeness (QED) is 0.128. The zero-order chi connectivity index (χ0) is 31.1. The minimum Gasteiger partial charge on any atom is -0.480 e. The van der Waals surface area contributed by atoms with E-state index in [0.717, 1.165) is 38.5 Å². The van der Waals surface area contributed by atoms with Gasteiger partial charge in [-0.2, -0.15) is 0 Å². The van der Waals surface area contributed by atoms with Crippen molar-refractivity contribution in [2.75, 3.05) is 0 Å². The molecule has 0 aliphatic heterocycles. The number of hydrogen-bond acceptors (Lipinski definition) is 5. The maximum atomic E-state index is 13.6. The second-order valence-corrected chi connectivity index (χ2v) is 10.5. The first-order valence-corrected chi connectivity index (χ1v) is 14.2. The van der Waals surface area contributed by atoms with E-state index in [9.17, 15) is 24.3 Å². The van der Waals surface area contributed by atoms with Crippen molar-refractivity contribution >= 4 is 45.7 Å². The molecule has 5 rings (SSSR count). The first kappa shape index (κ1) is 29.9. The van der Waals surface area contributed by atoms with Gasteiger partial charge in [0, 0.05) is 47.0 Å². The van der Waals surface area contributed by atoms with Crippen LogP contribution in [0.3, 0.4) is 0 Å². The van der Waals surface area contributed by atoms with Gasteiger partial charge in [-0.15, -0.1) is 0 Å². The highest BCUT2D eigenvalue weighted by molar-refractivity contribution is 5.94. The van der Waals surface area contributed by atoms with Gasteiger partial charge in [0.25, 0.3) is 0 Å². The zero-order valence-corrected chi connectivity index (χ0v) is 24.0. The van der Waals surface area contributed by atoms with Crippen LogP contribution in [-0.2, 0) is 38.6 Å². The number of H-pyrrole nitrogens is 2. The Labute approximate surface area is 253 Å². The fourth-order valence-corrected chi connectivity index (χ4v) is 5.03. The molecule has 44 heavy (non-hydrogen) atoms. The lowest BCUT2D eigenvalue weighted by molar-refractivity contribution is -0.142. The van der Waals surface area contributed by atoms with Crippen LogP contribution in [0.25, 0.3) is 21.8 Å².